The van der Waals surface area contributed by atoms with E-state index in [0.717, 1.165) is 0 Å². The molecular formula is C24H21N3O6. The number of aromatic carboxylic acids is 2. The number of nitrogens with one attached hydrogen (secondary N) is 3. The molecule has 0 aliphatic rings. The molecule has 3 aromatic carbocycles. The van der Waals surface area contributed by atoms with Crippen LogP contribution in [0.5, 0.6) is 0 Å². The summed E-state index contributed by atoms with van der Waals surface area (Å²) in [6, 6.07) is 15.4. The van der Waals surface area contributed by atoms with Crippen LogP contribution < -0.4 is 16.0 Å². The predicted octanol–water partition coefficient (Wildman–Crippen LogP) is 4.41. The van der Waals surface area contributed by atoms with Crippen molar-refractivity contribution in [1.82, 2.24) is 0 Å². The molecule has 0 aliphatic heterocycles. The van der Waals surface area contributed by atoms with E-state index in [9.17, 15) is 29.4 Å². The van der Waals surface area contributed by atoms with Crippen LogP contribution in [0.1, 0.15) is 34.6 Å². The molecule has 168 valence electrons. The van der Waals surface area contributed by atoms with Gasteiger partial charge in [-0.05, 0) is 36.4 Å². The first-order valence-electron chi connectivity index (χ1n) is 9.82. The van der Waals surface area contributed by atoms with Gasteiger partial charge in [-0.25, -0.2) is 9.59 Å². The molecule has 0 fully saturated rings. The van der Waals surface area contributed by atoms with E-state index >= 15 is 0 Å². The maximum absolute atomic E-state index is 12.1. The zero-order valence-electron chi connectivity index (χ0n) is 17.8. The number of hydrogen-bond donors (Lipinski definition) is 5. The third-order valence-corrected chi connectivity index (χ3v) is 4.63. The third-order valence-electron chi connectivity index (χ3n) is 4.63. The molecule has 2 amide bonds. The summed E-state index contributed by atoms with van der Waals surface area (Å²) in [5.74, 6) is -3.15. The van der Waals surface area contributed by atoms with Gasteiger partial charge in [-0.3, -0.25) is 9.59 Å². The Morgan fingerprint density at radius 2 is 1.33 bits per heavy atom. The van der Waals surface area contributed by atoms with Crippen LogP contribution in [0.3, 0.4) is 0 Å². The van der Waals surface area contributed by atoms with Crippen molar-refractivity contribution in [2.24, 2.45) is 0 Å². The van der Waals surface area contributed by atoms with Gasteiger partial charge >= 0.3 is 11.9 Å². The fraction of sp³-hybridized carbons (Fsp3) is 0.0833. The highest BCUT2D eigenvalue weighted by molar-refractivity contribution is 6.09. The van der Waals surface area contributed by atoms with E-state index in [-0.39, 0.29) is 39.5 Å². The minimum absolute atomic E-state index is 0.0679. The first-order chi connectivity index (χ1) is 15.7. The molecule has 0 bridgehead atoms. The standard InChI is InChI=1S/C24H21N3O6/c1-13(28)25-15-6-5-7-16(12-15)27-22-19(24(32)33)10-11-20(26-14(2)29)21(22)17-8-3-4-9-18(17)23(30)31/h3-12,27H,1-2H3,(H,25,28)(H,26,29)(H,30,31)(H,32,33). The van der Waals surface area contributed by atoms with Crippen molar-refractivity contribution < 1.29 is 29.4 Å². The second-order valence-corrected chi connectivity index (χ2v) is 7.13. The van der Waals surface area contributed by atoms with Gasteiger partial charge in [-0.15, -0.1) is 0 Å². The van der Waals surface area contributed by atoms with E-state index in [4.69, 9.17) is 0 Å². The summed E-state index contributed by atoms with van der Waals surface area (Å²) in [7, 11) is 0. The Balaban J connectivity index is 2.30. The van der Waals surface area contributed by atoms with Gasteiger partial charge in [-0.2, -0.15) is 0 Å². The fourth-order valence-corrected chi connectivity index (χ4v) is 3.39. The Morgan fingerprint density at radius 1 is 0.697 bits per heavy atom. The van der Waals surface area contributed by atoms with E-state index in [1.54, 1.807) is 36.4 Å². The molecule has 9 heteroatoms. The van der Waals surface area contributed by atoms with E-state index in [2.05, 4.69) is 16.0 Å². The number of carboxylic acids is 2. The van der Waals surface area contributed by atoms with Crippen molar-refractivity contribution in [2.45, 2.75) is 13.8 Å². The van der Waals surface area contributed by atoms with Crippen LogP contribution in [0, 0.1) is 0 Å². The average molecular weight is 447 g/mol. The molecule has 0 saturated heterocycles. The van der Waals surface area contributed by atoms with Gasteiger partial charge in [0.25, 0.3) is 0 Å². The minimum atomic E-state index is -1.25. The maximum Gasteiger partial charge on any atom is 0.337 e. The molecule has 0 aromatic heterocycles. The topological polar surface area (TPSA) is 145 Å². The molecule has 0 spiro atoms. The molecule has 3 rings (SSSR count). The first-order valence-corrected chi connectivity index (χ1v) is 9.82. The predicted molar refractivity (Wildman–Crippen MR) is 124 cm³/mol. The average Bonchev–Trinajstić information content (AvgIpc) is 2.73. The molecule has 5 N–H and O–H groups in total. The SMILES string of the molecule is CC(=O)Nc1cccc(Nc2c(C(=O)O)ccc(NC(C)=O)c2-c2ccccc2C(=O)O)c1. The Hall–Kier alpha value is -4.66. The number of anilines is 4. The number of carboxylic acid groups (broad SMARTS) is 2. The Labute approximate surface area is 189 Å². The molecule has 9 nitrogen and oxygen atoms in total. The van der Waals surface area contributed by atoms with Crippen LogP contribution in [-0.2, 0) is 9.59 Å². The number of carbonyl (C=O) groups excluding carboxylic acids is 2. The Bertz CT molecular complexity index is 1270. The highest BCUT2D eigenvalue weighted by atomic mass is 16.4. The van der Waals surface area contributed by atoms with Crippen LogP contribution in [-0.4, -0.2) is 34.0 Å². The lowest BCUT2D eigenvalue weighted by molar-refractivity contribution is -0.115. The van der Waals surface area contributed by atoms with Crippen LogP contribution >= 0.6 is 0 Å². The van der Waals surface area contributed by atoms with Crippen LogP contribution in [0.25, 0.3) is 11.1 Å². The van der Waals surface area contributed by atoms with Crippen molar-refractivity contribution in [3.63, 3.8) is 0 Å². The molecule has 0 unspecified atom stereocenters. The summed E-state index contributed by atoms with van der Waals surface area (Å²) in [6.07, 6.45) is 0. The zero-order valence-corrected chi connectivity index (χ0v) is 17.8. The number of rotatable bonds is 7. The van der Waals surface area contributed by atoms with E-state index in [1.807, 2.05) is 0 Å². The summed E-state index contributed by atoms with van der Waals surface area (Å²) in [5.41, 5.74) is 1.47. The molecule has 0 aliphatic carbocycles. The first kappa shape index (κ1) is 23.0. The Morgan fingerprint density at radius 3 is 1.97 bits per heavy atom. The fourth-order valence-electron chi connectivity index (χ4n) is 3.39. The van der Waals surface area contributed by atoms with Crippen molar-refractivity contribution in [1.29, 1.82) is 0 Å². The lowest BCUT2D eigenvalue weighted by Crippen LogP contribution is -2.12. The maximum atomic E-state index is 12.1. The van der Waals surface area contributed by atoms with Gasteiger partial charge in [-0.1, -0.05) is 24.3 Å². The number of carbonyl (C=O) groups is 4. The van der Waals surface area contributed by atoms with Gasteiger partial charge in [0.15, 0.2) is 0 Å². The summed E-state index contributed by atoms with van der Waals surface area (Å²) in [4.78, 5) is 47.2. The molecule has 0 radical (unpaired) electrons. The zero-order chi connectivity index (χ0) is 24.1. The number of benzene rings is 3. The lowest BCUT2D eigenvalue weighted by atomic mass is 9.93. The molecule has 0 atom stereocenters. The van der Waals surface area contributed by atoms with Crippen molar-refractivity contribution in [3.05, 3.63) is 71.8 Å². The molecule has 0 heterocycles. The van der Waals surface area contributed by atoms with Crippen LogP contribution in [0.4, 0.5) is 22.7 Å². The third kappa shape index (κ3) is 5.34. The molecule has 0 saturated carbocycles. The van der Waals surface area contributed by atoms with E-state index < -0.39 is 17.8 Å². The minimum Gasteiger partial charge on any atom is -0.478 e. The van der Waals surface area contributed by atoms with Crippen molar-refractivity contribution >= 4 is 46.5 Å². The Kier molecular flexibility index (Phi) is 6.73. The van der Waals surface area contributed by atoms with E-state index in [0.29, 0.717) is 11.4 Å². The van der Waals surface area contributed by atoms with E-state index in [1.165, 1.54) is 38.1 Å². The highest BCUT2D eigenvalue weighted by Crippen LogP contribution is 2.41. The summed E-state index contributed by atoms with van der Waals surface area (Å²) < 4.78 is 0. The molecule has 3 aromatic rings. The van der Waals surface area contributed by atoms with Crippen molar-refractivity contribution in [3.8, 4) is 11.1 Å². The molecule has 33 heavy (non-hydrogen) atoms. The number of hydrogen-bond acceptors (Lipinski definition) is 5. The normalized spacial score (nSPS) is 10.2. The van der Waals surface area contributed by atoms with Gasteiger partial charge in [0.1, 0.15) is 0 Å². The van der Waals surface area contributed by atoms with Gasteiger partial charge in [0, 0.05) is 36.3 Å². The second kappa shape index (κ2) is 9.65. The summed E-state index contributed by atoms with van der Waals surface area (Å²) >= 11 is 0. The quantitative estimate of drug-likeness (QED) is 0.361. The van der Waals surface area contributed by atoms with Gasteiger partial charge in [0.05, 0.1) is 22.5 Å². The number of amides is 2. The highest BCUT2D eigenvalue weighted by Gasteiger charge is 2.23. The monoisotopic (exact) mass is 447 g/mol. The second-order valence-electron chi connectivity index (χ2n) is 7.13. The molecular weight excluding hydrogens is 426 g/mol. The summed E-state index contributed by atoms with van der Waals surface area (Å²) in [5, 5.41) is 27.9. The van der Waals surface area contributed by atoms with Gasteiger partial charge < -0.3 is 26.2 Å². The van der Waals surface area contributed by atoms with Crippen LogP contribution in [0.2, 0.25) is 0 Å². The van der Waals surface area contributed by atoms with Crippen molar-refractivity contribution in [2.75, 3.05) is 16.0 Å². The smallest absolute Gasteiger partial charge is 0.337 e. The summed E-state index contributed by atoms with van der Waals surface area (Å²) in [6.45, 7) is 2.66. The van der Waals surface area contributed by atoms with Crippen LogP contribution in [0.15, 0.2) is 60.7 Å². The largest absolute Gasteiger partial charge is 0.478 e. The lowest BCUT2D eigenvalue weighted by Gasteiger charge is -2.20. The van der Waals surface area contributed by atoms with Gasteiger partial charge in [0.2, 0.25) is 11.8 Å².